The molecule has 0 saturated heterocycles. The summed E-state index contributed by atoms with van der Waals surface area (Å²) in [6.45, 7) is 4.07. The Morgan fingerprint density at radius 3 is 2.57 bits per heavy atom. The van der Waals surface area contributed by atoms with Crippen molar-refractivity contribution in [2.24, 2.45) is 0 Å². The van der Waals surface area contributed by atoms with E-state index in [1.807, 2.05) is 0 Å². The molecule has 6 nitrogen and oxygen atoms in total. The summed E-state index contributed by atoms with van der Waals surface area (Å²) in [6, 6.07) is 0. The molecular weight excluding hydrogens is 210 g/mol. The fourth-order valence-corrected chi connectivity index (χ4v) is 1.72. The molecule has 0 aliphatic heterocycles. The van der Waals surface area contributed by atoms with Crippen LogP contribution >= 0.6 is 0 Å². The van der Waals surface area contributed by atoms with Gasteiger partial charge in [-0.05, 0) is 13.8 Å². The van der Waals surface area contributed by atoms with E-state index in [1.165, 1.54) is 0 Å². The van der Waals surface area contributed by atoms with Gasteiger partial charge >= 0.3 is 5.97 Å². The summed E-state index contributed by atoms with van der Waals surface area (Å²) in [7, 11) is -3.72. The summed E-state index contributed by atoms with van der Waals surface area (Å²) in [5.74, 6) is -2.28. The Balaban J connectivity index is 3.93. The van der Waals surface area contributed by atoms with Gasteiger partial charge < -0.3 is 9.84 Å². The molecule has 0 heterocycles. The first kappa shape index (κ1) is 13.3. The average molecular weight is 225 g/mol. The molecule has 0 amide bonds. The van der Waals surface area contributed by atoms with Crippen molar-refractivity contribution in [3.8, 4) is 0 Å². The highest BCUT2D eigenvalue weighted by molar-refractivity contribution is 7.90. The Bertz CT molecular complexity index is 274. The average Bonchev–Trinajstić information content (AvgIpc) is 1.99. The molecule has 1 unspecified atom stereocenters. The minimum atomic E-state index is -3.72. The number of sulfonamides is 1. The van der Waals surface area contributed by atoms with Crippen LogP contribution in [0.25, 0.3) is 0 Å². The minimum absolute atomic E-state index is 0.0868. The highest BCUT2D eigenvalue weighted by atomic mass is 32.2. The standard InChI is InChI=1S/C7H15NO5S/c1-3-13-6(2)4-8-14(11,12)5-7(9)10/h6,8H,3-5H2,1-2H3,(H,9,10). The second kappa shape index (κ2) is 5.94. The molecule has 0 aliphatic carbocycles. The lowest BCUT2D eigenvalue weighted by atomic mass is 10.4. The quantitative estimate of drug-likeness (QED) is 0.604. The zero-order chi connectivity index (χ0) is 11.2. The van der Waals surface area contributed by atoms with Crippen LogP contribution in [0.15, 0.2) is 0 Å². The zero-order valence-corrected chi connectivity index (χ0v) is 9.00. The SMILES string of the molecule is CCOC(C)CNS(=O)(=O)CC(=O)O. The molecule has 0 aromatic rings. The van der Waals surface area contributed by atoms with E-state index in [0.29, 0.717) is 6.61 Å². The largest absolute Gasteiger partial charge is 0.480 e. The fraction of sp³-hybridized carbons (Fsp3) is 0.857. The van der Waals surface area contributed by atoms with Gasteiger partial charge in [-0.15, -0.1) is 0 Å². The monoisotopic (exact) mass is 225 g/mol. The molecule has 0 spiro atoms. The molecule has 0 aliphatic rings. The van der Waals surface area contributed by atoms with E-state index in [2.05, 4.69) is 4.72 Å². The number of rotatable bonds is 7. The molecule has 0 rings (SSSR count). The molecule has 2 N–H and O–H groups in total. The Morgan fingerprint density at radius 1 is 1.57 bits per heavy atom. The number of hydrogen-bond acceptors (Lipinski definition) is 4. The molecule has 14 heavy (non-hydrogen) atoms. The Hall–Kier alpha value is -0.660. The van der Waals surface area contributed by atoms with Crippen LogP contribution in [0.3, 0.4) is 0 Å². The number of carbonyl (C=O) groups is 1. The van der Waals surface area contributed by atoms with Gasteiger partial charge in [0.2, 0.25) is 10.0 Å². The van der Waals surface area contributed by atoms with Gasteiger partial charge in [0.1, 0.15) is 0 Å². The second-order valence-corrected chi connectivity index (χ2v) is 4.57. The van der Waals surface area contributed by atoms with E-state index >= 15 is 0 Å². The molecule has 0 fully saturated rings. The molecule has 0 saturated carbocycles. The van der Waals surface area contributed by atoms with Gasteiger partial charge in [0.05, 0.1) is 6.10 Å². The Kier molecular flexibility index (Phi) is 5.66. The molecule has 0 aromatic carbocycles. The number of nitrogens with one attached hydrogen (secondary N) is 1. The van der Waals surface area contributed by atoms with Gasteiger partial charge in [0.25, 0.3) is 0 Å². The van der Waals surface area contributed by atoms with Gasteiger partial charge in [-0.1, -0.05) is 0 Å². The van der Waals surface area contributed by atoms with Crippen molar-refractivity contribution in [1.29, 1.82) is 0 Å². The normalized spacial score (nSPS) is 13.9. The van der Waals surface area contributed by atoms with Crippen LogP contribution in [0.2, 0.25) is 0 Å². The summed E-state index contributed by atoms with van der Waals surface area (Å²) in [6.07, 6.45) is -0.261. The third-order valence-corrected chi connectivity index (χ3v) is 2.59. The maximum Gasteiger partial charge on any atom is 0.320 e. The van der Waals surface area contributed by atoms with Crippen molar-refractivity contribution in [2.45, 2.75) is 20.0 Å². The summed E-state index contributed by atoms with van der Waals surface area (Å²) in [5, 5.41) is 8.27. The van der Waals surface area contributed by atoms with Crippen LogP contribution < -0.4 is 4.72 Å². The smallest absolute Gasteiger partial charge is 0.320 e. The summed E-state index contributed by atoms with van der Waals surface area (Å²) < 4.78 is 29.2. The van der Waals surface area contributed by atoms with E-state index in [4.69, 9.17) is 9.84 Å². The first-order valence-corrected chi connectivity index (χ1v) is 5.83. The topological polar surface area (TPSA) is 92.7 Å². The van der Waals surface area contributed by atoms with E-state index in [-0.39, 0.29) is 12.6 Å². The van der Waals surface area contributed by atoms with Crippen molar-refractivity contribution in [3.63, 3.8) is 0 Å². The highest BCUT2D eigenvalue weighted by Gasteiger charge is 2.15. The van der Waals surface area contributed by atoms with Gasteiger partial charge in [-0.2, -0.15) is 0 Å². The first-order chi connectivity index (χ1) is 6.37. The maximum atomic E-state index is 11.0. The molecule has 84 valence electrons. The summed E-state index contributed by atoms with van der Waals surface area (Å²) >= 11 is 0. The lowest BCUT2D eigenvalue weighted by Gasteiger charge is -2.11. The van der Waals surface area contributed by atoms with Crippen LogP contribution in [0.1, 0.15) is 13.8 Å². The molecule has 7 heteroatoms. The summed E-state index contributed by atoms with van der Waals surface area (Å²) in [4.78, 5) is 10.1. The van der Waals surface area contributed by atoms with Crippen molar-refractivity contribution < 1.29 is 23.1 Å². The van der Waals surface area contributed by atoms with Gasteiger partial charge in [-0.3, -0.25) is 4.79 Å². The Labute approximate surface area is 83.3 Å². The second-order valence-electron chi connectivity index (χ2n) is 2.77. The third kappa shape index (κ3) is 6.81. The van der Waals surface area contributed by atoms with E-state index in [0.717, 1.165) is 0 Å². The van der Waals surface area contributed by atoms with Crippen molar-refractivity contribution in [1.82, 2.24) is 4.72 Å². The molecule has 1 atom stereocenters. The zero-order valence-electron chi connectivity index (χ0n) is 8.19. The third-order valence-electron chi connectivity index (χ3n) is 1.36. The minimum Gasteiger partial charge on any atom is -0.480 e. The van der Waals surface area contributed by atoms with E-state index in [1.54, 1.807) is 13.8 Å². The van der Waals surface area contributed by atoms with Gasteiger partial charge in [0.15, 0.2) is 5.75 Å². The molecule has 0 bridgehead atoms. The maximum absolute atomic E-state index is 11.0. The first-order valence-electron chi connectivity index (χ1n) is 4.18. The lowest BCUT2D eigenvalue weighted by Crippen LogP contribution is -2.35. The van der Waals surface area contributed by atoms with Gasteiger partial charge in [0, 0.05) is 13.2 Å². The van der Waals surface area contributed by atoms with Crippen molar-refractivity contribution in [3.05, 3.63) is 0 Å². The predicted molar refractivity (Wildman–Crippen MR) is 50.5 cm³/mol. The molecule has 0 aromatic heterocycles. The fourth-order valence-electron chi connectivity index (χ4n) is 0.801. The Morgan fingerprint density at radius 2 is 2.14 bits per heavy atom. The predicted octanol–water partition coefficient (Wildman–Crippen LogP) is -0.585. The van der Waals surface area contributed by atoms with E-state index in [9.17, 15) is 13.2 Å². The molecular formula is C7H15NO5S. The molecule has 0 radical (unpaired) electrons. The van der Waals surface area contributed by atoms with Crippen molar-refractivity contribution in [2.75, 3.05) is 18.9 Å². The van der Waals surface area contributed by atoms with Crippen LogP contribution in [0, 0.1) is 0 Å². The van der Waals surface area contributed by atoms with Crippen molar-refractivity contribution >= 4 is 16.0 Å². The number of carboxylic acids is 1. The van der Waals surface area contributed by atoms with Crippen LogP contribution in [0.4, 0.5) is 0 Å². The number of ether oxygens (including phenoxy) is 1. The summed E-state index contributed by atoms with van der Waals surface area (Å²) in [5.41, 5.74) is 0. The number of aliphatic carboxylic acids is 1. The number of hydrogen-bond donors (Lipinski definition) is 2. The van der Waals surface area contributed by atoms with Crippen LogP contribution in [-0.2, 0) is 19.6 Å². The van der Waals surface area contributed by atoms with Crippen LogP contribution in [0.5, 0.6) is 0 Å². The lowest BCUT2D eigenvalue weighted by molar-refractivity contribution is -0.134. The van der Waals surface area contributed by atoms with E-state index < -0.39 is 21.7 Å². The van der Waals surface area contributed by atoms with Crippen LogP contribution in [-0.4, -0.2) is 44.5 Å². The number of carboxylic acid groups (broad SMARTS) is 1. The highest BCUT2D eigenvalue weighted by Crippen LogP contribution is 1.90. The van der Waals surface area contributed by atoms with Gasteiger partial charge in [-0.25, -0.2) is 13.1 Å².